The highest BCUT2D eigenvalue weighted by Gasteiger charge is 2.25. The summed E-state index contributed by atoms with van der Waals surface area (Å²) in [5, 5.41) is 9.84. The Kier molecular flexibility index (Phi) is 7.51. The Morgan fingerprint density at radius 3 is 2.39 bits per heavy atom. The lowest BCUT2D eigenvalue weighted by molar-refractivity contribution is -0.159. The fourth-order valence-corrected chi connectivity index (χ4v) is 1.78. The lowest BCUT2D eigenvalue weighted by Crippen LogP contribution is -2.29. The Bertz CT molecular complexity index is 316. The van der Waals surface area contributed by atoms with E-state index in [1.807, 2.05) is 20.8 Å². The molecule has 1 atom stereocenters. The summed E-state index contributed by atoms with van der Waals surface area (Å²) in [7, 11) is 0. The van der Waals surface area contributed by atoms with Gasteiger partial charge in [0.15, 0.2) is 0 Å². The second kappa shape index (κ2) is 8.03. The molecule has 0 saturated carbocycles. The minimum atomic E-state index is -1.10. The zero-order valence-corrected chi connectivity index (χ0v) is 11.8. The van der Waals surface area contributed by atoms with Crippen molar-refractivity contribution < 1.29 is 19.4 Å². The van der Waals surface area contributed by atoms with Gasteiger partial charge in [-0.25, -0.2) is 4.79 Å². The van der Waals surface area contributed by atoms with E-state index < -0.39 is 17.5 Å². The molecule has 4 nitrogen and oxygen atoms in total. The second-order valence-electron chi connectivity index (χ2n) is 4.96. The maximum Gasteiger partial charge on any atom is 0.338 e. The standard InChI is InChI=1S/C14H24O4/c1-5-7-11(3)9-12(15)18-13(16)10-14(4,17)8-6-2/h9,17H,5-8,10H2,1-4H3. The van der Waals surface area contributed by atoms with Gasteiger partial charge in [0.1, 0.15) is 0 Å². The molecule has 0 aliphatic heterocycles. The minimum absolute atomic E-state index is 0.159. The SMILES string of the molecule is CCCC(C)=CC(=O)OC(=O)CC(C)(O)CCC. The summed E-state index contributed by atoms with van der Waals surface area (Å²) in [5.41, 5.74) is -0.218. The van der Waals surface area contributed by atoms with Crippen molar-refractivity contribution in [1.29, 1.82) is 0 Å². The highest BCUT2D eigenvalue weighted by atomic mass is 16.6. The van der Waals surface area contributed by atoms with E-state index in [-0.39, 0.29) is 6.42 Å². The van der Waals surface area contributed by atoms with Crippen LogP contribution in [0.15, 0.2) is 11.6 Å². The van der Waals surface area contributed by atoms with Crippen LogP contribution < -0.4 is 0 Å². The van der Waals surface area contributed by atoms with Crippen molar-refractivity contribution in [2.45, 2.75) is 65.4 Å². The number of rotatable bonds is 7. The van der Waals surface area contributed by atoms with Gasteiger partial charge in [-0.05, 0) is 26.7 Å². The molecule has 0 aromatic heterocycles. The van der Waals surface area contributed by atoms with Gasteiger partial charge in [0, 0.05) is 6.08 Å². The van der Waals surface area contributed by atoms with Gasteiger partial charge in [-0.2, -0.15) is 0 Å². The van der Waals surface area contributed by atoms with Gasteiger partial charge in [-0.15, -0.1) is 0 Å². The van der Waals surface area contributed by atoms with E-state index in [2.05, 4.69) is 4.74 Å². The summed E-state index contributed by atoms with van der Waals surface area (Å²) in [5.74, 6) is -1.34. The van der Waals surface area contributed by atoms with Gasteiger partial charge in [0.05, 0.1) is 12.0 Å². The molecular weight excluding hydrogens is 232 g/mol. The Balaban J connectivity index is 4.24. The molecular formula is C14H24O4. The van der Waals surface area contributed by atoms with Gasteiger partial charge in [-0.3, -0.25) is 4.79 Å². The van der Waals surface area contributed by atoms with Crippen LogP contribution in [0.1, 0.15) is 59.8 Å². The third-order valence-electron chi connectivity index (χ3n) is 2.54. The van der Waals surface area contributed by atoms with Crippen LogP contribution in [0, 0.1) is 0 Å². The summed E-state index contributed by atoms with van der Waals surface area (Å²) in [6, 6.07) is 0. The van der Waals surface area contributed by atoms with Gasteiger partial charge in [0.2, 0.25) is 0 Å². The molecule has 0 bridgehead atoms. The third kappa shape index (κ3) is 8.01. The molecule has 0 aromatic rings. The molecule has 0 saturated heterocycles. The predicted octanol–water partition coefficient (Wildman–Crippen LogP) is 2.74. The fourth-order valence-electron chi connectivity index (χ4n) is 1.78. The molecule has 4 heteroatoms. The molecule has 0 radical (unpaired) electrons. The van der Waals surface area contributed by atoms with Crippen molar-refractivity contribution >= 4 is 11.9 Å². The average molecular weight is 256 g/mol. The van der Waals surface area contributed by atoms with Crippen LogP contribution >= 0.6 is 0 Å². The number of carbonyl (C=O) groups is 2. The first-order chi connectivity index (χ1) is 8.30. The largest absolute Gasteiger partial charge is 0.390 e. The van der Waals surface area contributed by atoms with E-state index in [0.29, 0.717) is 6.42 Å². The van der Waals surface area contributed by atoms with Crippen LogP contribution in [0.4, 0.5) is 0 Å². The molecule has 0 heterocycles. The van der Waals surface area contributed by atoms with E-state index in [0.717, 1.165) is 24.8 Å². The zero-order chi connectivity index (χ0) is 14.2. The molecule has 18 heavy (non-hydrogen) atoms. The first-order valence-corrected chi connectivity index (χ1v) is 6.45. The highest BCUT2D eigenvalue weighted by molar-refractivity contribution is 5.92. The Hall–Kier alpha value is -1.16. The molecule has 0 fully saturated rings. The lowest BCUT2D eigenvalue weighted by atomic mass is 9.97. The van der Waals surface area contributed by atoms with E-state index in [1.165, 1.54) is 6.08 Å². The van der Waals surface area contributed by atoms with Crippen LogP contribution in [0.2, 0.25) is 0 Å². The monoisotopic (exact) mass is 256 g/mol. The van der Waals surface area contributed by atoms with Crippen molar-refractivity contribution in [2.75, 3.05) is 0 Å². The number of aliphatic hydroxyl groups is 1. The van der Waals surface area contributed by atoms with Gasteiger partial charge >= 0.3 is 11.9 Å². The molecule has 104 valence electrons. The fraction of sp³-hybridized carbons (Fsp3) is 0.714. The average Bonchev–Trinajstić information content (AvgIpc) is 2.14. The van der Waals surface area contributed by atoms with E-state index in [4.69, 9.17) is 0 Å². The number of allylic oxidation sites excluding steroid dienone is 1. The first kappa shape index (κ1) is 16.8. The minimum Gasteiger partial charge on any atom is -0.390 e. The maximum absolute atomic E-state index is 11.5. The van der Waals surface area contributed by atoms with Crippen molar-refractivity contribution in [2.24, 2.45) is 0 Å². The lowest BCUT2D eigenvalue weighted by Gasteiger charge is -2.20. The van der Waals surface area contributed by atoms with Crippen molar-refractivity contribution in [3.05, 3.63) is 11.6 Å². The Labute approximate surface area is 109 Å². The molecule has 1 N–H and O–H groups in total. The van der Waals surface area contributed by atoms with Crippen LogP contribution in [-0.2, 0) is 14.3 Å². The Morgan fingerprint density at radius 1 is 1.28 bits per heavy atom. The number of hydrogen-bond donors (Lipinski definition) is 1. The number of ether oxygens (including phenoxy) is 1. The van der Waals surface area contributed by atoms with Gasteiger partial charge < -0.3 is 9.84 Å². The van der Waals surface area contributed by atoms with E-state index >= 15 is 0 Å². The maximum atomic E-state index is 11.5. The molecule has 0 spiro atoms. The number of carbonyl (C=O) groups excluding carboxylic acids is 2. The summed E-state index contributed by atoms with van der Waals surface area (Å²) in [6.45, 7) is 7.32. The molecule has 0 amide bonds. The summed E-state index contributed by atoms with van der Waals surface area (Å²) < 4.78 is 4.64. The van der Waals surface area contributed by atoms with Gasteiger partial charge in [0.25, 0.3) is 0 Å². The van der Waals surface area contributed by atoms with Crippen molar-refractivity contribution in [3.63, 3.8) is 0 Å². The van der Waals surface area contributed by atoms with Crippen LogP contribution in [0.5, 0.6) is 0 Å². The van der Waals surface area contributed by atoms with Crippen molar-refractivity contribution in [1.82, 2.24) is 0 Å². The Morgan fingerprint density at radius 2 is 1.89 bits per heavy atom. The van der Waals surface area contributed by atoms with Crippen LogP contribution in [0.3, 0.4) is 0 Å². The molecule has 0 aliphatic carbocycles. The summed E-state index contributed by atoms with van der Waals surface area (Å²) in [4.78, 5) is 22.8. The van der Waals surface area contributed by atoms with E-state index in [9.17, 15) is 14.7 Å². The smallest absolute Gasteiger partial charge is 0.338 e. The number of hydrogen-bond acceptors (Lipinski definition) is 4. The molecule has 0 aliphatic rings. The van der Waals surface area contributed by atoms with Crippen molar-refractivity contribution in [3.8, 4) is 0 Å². The zero-order valence-electron chi connectivity index (χ0n) is 11.8. The summed E-state index contributed by atoms with van der Waals surface area (Å²) in [6.07, 6.45) is 4.18. The highest BCUT2D eigenvalue weighted by Crippen LogP contribution is 2.17. The number of esters is 2. The molecule has 1 unspecified atom stereocenters. The van der Waals surface area contributed by atoms with Gasteiger partial charge in [-0.1, -0.05) is 32.3 Å². The quantitative estimate of drug-likeness (QED) is 0.432. The first-order valence-electron chi connectivity index (χ1n) is 6.45. The molecule has 0 aromatic carbocycles. The summed E-state index contributed by atoms with van der Waals surface area (Å²) >= 11 is 0. The topological polar surface area (TPSA) is 63.6 Å². The van der Waals surface area contributed by atoms with E-state index in [1.54, 1.807) is 6.92 Å². The normalized spacial score (nSPS) is 15.1. The second-order valence-corrected chi connectivity index (χ2v) is 4.96. The molecule has 0 rings (SSSR count). The van der Waals surface area contributed by atoms with Crippen LogP contribution in [0.25, 0.3) is 0 Å². The predicted molar refractivity (Wildman–Crippen MR) is 69.9 cm³/mol. The third-order valence-corrected chi connectivity index (χ3v) is 2.54. The van der Waals surface area contributed by atoms with Crippen LogP contribution in [-0.4, -0.2) is 22.6 Å².